The molecule has 0 unspecified atom stereocenters. The Morgan fingerprint density at radius 2 is 0.911 bits per heavy atom. The molecule has 0 fully saturated rings. The molecule has 0 aliphatic carbocycles. The Morgan fingerprint density at radius 1 is 0.554 bits per heavy atom. The topological polar surface area (TPSA) is 259 Å². The van der Waals surface area contributed by atoms with Gasteiger partial charge in [0.25, 0.3) is 11.2 Å². The number of nitrogens with zero attached hydrogens (tertiary/aromatic N) is 6. The minimum absolute atomic E-state index is 0. The maximum absolute atomic E-state index is 12.3. The van der Waals surface area contributed by atoms with Crippen LogP contribution in [0.1, 0.15) is 11.1 Å². The van der Waals surface area contributed by atoms with Gasteiger partial charge in [0.05, 0.1) is 35.4 Å². The maximum atomic E-state index is 12.3. The van der Waals surface area contributed by atoms with E-state index in [0.29, 0.717) is 11.5 Å². The number of methoxy groups -OCH3 is 2. The summed E-state index contributed by atoms with van der Waals surface area (Å²) >= 11 is 0. The van der Waals surface area contributed by atoms with E-state index in [2.05, 4.69) is 39.9 Å². The average molecular weight is 817 g/mol. The van der Waals surface area contributed by atoms with Crippen molar-refractivity contribution in [3.8, 4) is 35.5 Å². The molecule has 6 rings (SSSR count). The van der Waals surface area contributed by atoms with Gasteiger partial charge in [-0.2, -0.15) is 19.9 Å². The van der Waals surface area contributed by atoms with E-state index in [1.54, 1.807) is 60.7 Å². The van der Waals surface area contributed by atoms with Crippen LogP contribution in [0.3, 0.4) is 0 Å². The van der Waals surface area contributed by atoms with E-state index in [1.807, 2.05) is 0 Å². The minimum atomic E-state index is -5.11. The molecule has 2 heterocycles. The number of ether oxygens (including phenoxy) is 4. The van der Waals surface area contributed by atoms with E-state index in [-0.39, 0.29) is 117 Å². The molecular weight excluding hydrogens is 791 g/mol. The summed E-state index contributed by atoms with van der Waals surface area (Å²) in [5, 5.41) is 0. The Balaban J connectivity index is 0.00000348. The van der Waals surface area contributed by atoms with Crippen molar-refractivity contribution in [2.45, 2.75) is 9.79 Å². The zero-order valence-electron chi connectivity index (χ0n) is 30.0. The van der Waals surface area contributed by atoms with Gasteiger partial charge in [-0.1, -0.05) is 60.7 Å². The van der Waals surface area contributed by atoms with Crippen LogP contribution >= 0.6 is 0 Å². The summed E-state index contributed by atoms with van der Waals surface area (Å²) < 4.78 is 95.8. The fourth-order valence-corrected chi connectivity index (χ4v) is 5.98. The maximum Gasteiger partial charge on any atom is 1.00 e. The third kappa shape index (κ3) is 11.9. The third-order valence-electron chi connectivity index (χ3n) is 6.97. The number of rotatable bonds is 12. The second-order valence-electron chi connectivity index (χ2n) is 10.7. The van der Waals surface area contributed by atoms with Crippen LogP contribution in [0.5, 0.6) is 35.5 Å². The van der Waals surface area contributed by atoms with E-state index in [9.17, 15) is 25.9 Å². The van der Waals surface area contributed by atoms with Gasteiger partial charge in [0, 0.05) is 0 Å². The van der Waals surface area contributed by atoms with Crippen molar-refractivity contribution in [1.82, 2.24) is 29.9 Å². The third-order valence-corrected chi connectivity index (χ3v) is 8.75. The van der Waals surface area contributed by atoms with Crippen LogP contribution in [-0.2, 0) is 20.2 Å². The molecule has 0 radical (unpaired) electrons. The van der Waals surface area contributed by atoms with E-state index in [1.165, 1.54) is 38.5 Å². The van der Waals surface area contributed by atoms with Crippen molar-refractivity contribution in [1.29, 1.82) is 0 Å². The molecule has 4 aromatic carbocycles. The number of hydrogen-bond acceptors (Lipinski definition) is 16. The van der Waals surface area contributed by atoms with Crippen LogP contribution in [-0.4, -0.2) is 70.1 Å². The molecule has 2 aromatic heterocycles. The van der Waals surface area contributed by atoms with E-state index in [4.69, 9.17) is 18.9 Å². The van der Waals surface area contributed by atoms with Crippen molar-refractivity contribution >= 4 is 43.8 Å². The van der Waals surface area contributed by atoms with Crippen molar-refractivity contribution in [3.05, 3.63) is 119 Å². The summed E-state index contributed by atoms with van der Waals surface area (Å²) in [4.78, 5) is 29.0. The predicted molar refractivity (Wildman–Crippen MR) is 187 cm³/mol. The summed E-state index contributed by atoms with van der Waals surface area (Å²) in [7, 11) is -7.54. The molecule has 0 saturated carbocycles. The van der Waals surface area contributed by atoms with E-state index < -0.39 is 30.0 Å². The smallest absolute Gasteiger partial charge is 0.744 e. The molecule has 0 bridgehead atoms. The summed E-state index contributed by atoms with van der Waals surface area (Å²) in [6, 6.07) is 24.5. The Bertz CT molecular complexity index is 2530. The molecule has 2 N–H and O–H groups in total. The number of benzene rings is 4. The molecule has 0 aliphatic heterocycles. The molecule has 18 nitrogen and oxygen atoms in total. The Kier molecular flexibility index (Phi) is 15.2. The number of aromatic nitrogens is 6. The van der Waals surface area contributed by atoms with Crippen LogP contribution in [0.25, 0.3) is 12.2 Å². The summed E-state index contributed by atoms with van der Waals surface area (Å²) in [6.45, 7) is 0. The molecule has 56 heavy (non-hydrogen) atoms. The average Bonchev–Trinajstić information content (AvgIpc) is 3.14. The molecule has 6 aromatic rings. The van der Waals surface area contributed by atoms with Crippen LogP contribution in [0, 0.1) is 0 Å². The van der Waals surface area contributed by atoms with Gasteiger partial charge in [0.15, 0.2) is 0 Å². The number of nitrogens with one attached hydrogen (secondary N) is 2. The van der Waals surface area contributed by atoms with Gasteiger partial charge >= 0.3 is 83.2 Å². The molecule has 0 aliphatic rings. The zero-order valence-corrected chi connectivity index (χ0v) is 35.6. The molecule has 0 amide bonds. The molecule has 0 spiro atoms. The van der Waals surface area contributed by atoms with E-state index >= 15 is 0 Å². The van der Waals surface area contributed by atoms with Crippen LogP contribution in [0.15, 0.2) is 117 Å². The first kappa shape index (κ1) is 44.0. The molecule has 276 valence electrons. The molecule has 0 atom stereocenters. The Labute approximate surface area is 363 Å². The summed E-state index contributed by atoms with van der Waals surface area (Å²) in [5.41, 5.74) is -0.698. The minimum Gasteiger partial charge on any atom is -0.744 e. The molecular formula is C34H26N8Na2O10S2. The van der Waals surface area contributed by atoms with Gasteiger partial charge in [-0.15, -0.1) is 0 Å². The largest absolute Gasteiger partial charge is 1.00 e. The number of para-hydroxylation sites is 2. The normalized spacial score (nSPS) is 12.1. The quantitative estimate of drug-likeness (QED) is 0.0768. The fraction of sp³-hybridized carbons (Fsp3) is 0.0588. The van der Waals surface area contributed by atoms with Crippen molar-refractivity contribution < 1.29 is 104 Å². The van der Waals surface area contributed by atoms with Gasteiger partial charge in [0.1, 0.15) is 31.7 Å². The van der Waals surface area contributed by atoms with Gasteiger partial charge in [0.2, 0.25) is 0 Å². The summed E-state index contributed by atoms with van der Waals surface area (Å²) in [6.07, 6.45) is 2.32. The van der Waals surface area contributed by atoms with Gasteiger partial charge in [-0.25, -0.2) is 26.8 Å². The fourth-order valence-electron chi connectivity index (χ4n) is 4.60. The number of H-pyrrole nitrogens is 2. The van der Waals surface area contributed by atoms with Crippen LogP contribution < -0.4 is 89.3 Å². The first-order valence-corrected chi connectivity index (χ1v) is 18.2. The van der Waals surface area contributed by atoms with Crippen molar-refractivity contribution in [2.75, 3.05) is 14.2 Å². The van der Waals surface area contributed by atoms with Crippen molar-refractivity contribution in [2.24, 2.45) is 9.98 Å². The number of hydrogen-bond donors (Lipinski definition) is 2. The summed E-state index contributed by atoms with van der Waals surface area (Å²) in [5.74, 6) is 0.891. The second kappa shape index (κ2) is 19.4. The molecule has 0 saturated heterocycles. The number of aromatic amines is 2. The second-order valence-corrected chi connectivity index (χ2v) is 13.4. The monoisotopic (exact) mass is 816 g/mol. The van der Waals surface area contributed by atoms with Crippen LogP contribution in [0.4, 0.5) is 11.4 Å². The van der Waals surface area contributed by atoms with Gasteiger partial charge in [-0.3, -0.25) is 9.97 Å². The van der Waals surface area contributed by atoms with E-state index in [0.717, 1.165) is 24.3 Å². The SMILES string of the molecule is COc1nc(=Nc2ccc(/C=C/c3ccc(N=c4nc(OC)[nH]c(Oc5ccccc5)n4)cc3S(=O)(=O)[O-])c(S(=O)(=O)[O-])c2)nc(Oc2ccccc2)[nH]1.[Na+].[Na+]. The Morgan fingerprint density at radius 3 is 1.25 bits per heavy atom. The zero-order chi connectivity index (χ0) is 38.3. The Hall–Kier alpha value is -4.74. The van der Waals surface area contributed by atoms with Crippen LogP contribution in [0.2, 0.25) is 0 Å². The first-order valence-electron chi connectivity index (χ1n) is 15.3. The van der Waals surface area contributed by atoms with Gasteiger partial charge in [-0.05, 0) is 59.7 Å². The first-order chi connectivity index (χ1) is 25.9. The molecule has 22 heteroatoms. The van der Waals surface area contributed by atoms with Crippen molar-refractivity contribution in [3.63, 3.8) is 0 Å². The standard InChI is InChI=1S/C34H28N8O10S2.2Na/c1-49-31-37-29(39-33(41-31)51-25-9-5-3-6-10-25)35-23-17-15-21(27(19-23)53(43,44)45)13-14-22-16-18-24(20-28(22)54(46,47)48)36-30-38-32(50-2)42-34(40-30)52-26-11-7-4-8-12-26;;/h3-20H,1-2H3,(H,43,44,45)(H,46,47,48)(H,35,37,39,41)(H,36,38,40,42);;/q;2*+1/p-2/b14-13+;;. The predicted octanol–water partition coefficient (Wildman–Crippen LogP) is -2.02. The van der Waals surface area contributed by atoms with Gasteiger partial charge < -0.3 is 28.1 Å².